The Morgan fingerprint density at radius 1 is 1.23 bits per heavy atom. The van der Waals surface area contributed by atoms with Crippen LogP contribution in [-0.4, -0.2) is 72.8 Å². The molecular formula is C17H20LiN3O4S. The minimum absolute atomic E-state index is 0. The first-order valence-corrected chi connectivity index (χ1v) is 9.01. The van der Waals surface area contributed by atoms with Gasteiger partial charge in [0.15, 0.2) is 16.6 Å². The molecule has 3 heterocycles. The molecule has 0 spiro atoms. The third kappa shape index (κ3) is 3.69. The first kappa shape index (κ1) is 19.1. The topological polar surface area (TPSA) is 75.1 Å². The Kier molecular flexibility index (Phi) is 5.78. The Bertz CT molecular complexity index is 792. The SMILES string of the molecule is CC(c1ccc2c(c1)OCO2)N1CCN(c2ncc(C(=O)O)s2)CC1.[LiH]. The molecule has 0 bridgehead atoms. The summed E-state index contributed by atoms with van der Waals surface area (Å²) in [6.45, 7) is 5.95. The van der Waals surface area contributed by atoms with Crippen LogP contribution >= 0.6 is 11.3 Å². The number of carbonyl (C=O) groups is 1. The number of rotatable bonds is 4. The van der Waals surface area contributed by atoms with E-state index < -0.39 is 5.97 Å². The first-order valence-electron chi connectivity index (χ1n) is 8.19. The molecule has 1 N–H and O–H groups in total. The fourth-order valence-corrected chi connectivity index (χ4v) is 4.00. The number of fused-ring (bicyclic) bond motifs is 1. The van der Waals surface area contributed by atoms with Crippen molar-refractivity contribution in [3.63, 3.8) is 0 Å². The maximum absolute atomic E-state index is 11.0. The zero-order valence-corrected chi connectivity index (χ0v) is 14.7. The molecule has 0 amide bonds. The third-order valence-electron chi connectivity index (χ3n) is 4.72. The summed E-state index contributed by atoms with van der Waals surface area (Å²) in [4.78, 5) is 20.1. The number of carboxylic acids is 1. The molecule has 0 radical (unpaired) electrons. The van der Waals surface area contributed by atoms with Gasteiger partial charge in [-0.25, -0.2) is 9.78 Å². The number of aromatic carboxylic acids is 1. The number of carboxylic acid groups (broad SMARTS) is 1. The van der Waals surface area contributed by atoms with Crippen molar-refractivity contribution in [2.75, 3.05) is 37.9 Å². The summed E-state index contributed by atoms with van der Waals surface area (Å²) >= 11 is 1.23. The van der Waals surface area contributed by atoms with E-state index in [0.29, 0.717) is 0 Å². The van der Waals surface area contributed by atoms with E-state index in [1.807, 2.05) is 6.07 Å². The number of anilines is 1. The summed E-state index contributed by atoms with van der Waals surface area (Å²) in [5.41, 5.74) is 1.21. The van der Waals surface area contributed by atoms with Gasteiger partial charge in [-0.1, -0.05) is 17.4 Å². The molecule has 134 valence electrons. The zero-order valence-electron chi connectivity index (χ0n) is 13.8. The molecule has 1 atom stereocenters. The van der Waals surface area contributed by atoms with Gasteiger partial charge in [0.05, 0.1) is 6.20 Å². The Morgan fingerprint density at radius 2 is 1.96 bits per heavy atom. The van der Waals surface area contributed by atoms with Crippen molar-refractivity contribution in [2.45, 2.75) is 13.0 Å². The number of ether oxygens (including phenoxy) is 2. The summed E-state index contributed by atoms with van der Waals surface area (Å²) in [6, 6.07) is 6.39. The van der Waals surface area contributed by atoms with E-state index >= 15 is 0 Å². The van der Waals surface area contributed by atoms with Crippen LogP contribution in [-0.2, 0) is 0 Å². The zero-order chi connectivity index (χ0) is 17.4. The number of hydrogen-bond donors (Lipinski definition) is 1. The number of hydrogen-bond acceptors (Lipinski definition) is 7. The second kappa shape index (κ2) is 7.88. The van der Waals surface area contributed by atoms with Crippen molar-refractivity contribution < 1.29 is 19.4 Å². The van der Waals surface area contributed by atoms with E-state index in [0.717, 1.165) is 42.8 Å². The van der Waals surface area contributed by atoms with Gasteiger partial charge in [0, 0.05) is 32.2 Å². The van der Waals surface area contributed by atoms with Crippen LogP contribution < -0.4 is 14.4 Å². The van der Waals surface area contributed by atoms with E-state index in [-0.39, 0.29) is 36.6 Å². The molecule has 1 saturated heterocycles. The molecule has 4 rings (SSSR count). The van der Waals surface area contributed by atoms with Gasteiger partial charge >= 0.3 is 24.8 Å². The number of thiazole rings is 1. The van der Waals surface area contributed by atoms with Gasteiger partial charge in [0.1, 0.15) is 4.88 Å². The van der Waals surface area contributed by atoms with E-state index in [1.54, 1.807) is 0 Å². The Labute approximate surface area is 167 Å². The summed E-state index contributed by atoms with van der Waals surface area (Å²) in [7, 11) is 0. The van der Waals surface area contributed by atoms with Gasteiger partial charge < -0.3 is 19.5 Å². The van der Waals surface area contributed by atoms with Gasteiger partial charge in [-0.05, 0) is 24.6 Å². The Morgan fingerprint density at radius 3 is 2.65 bits per heavy atom. The van der Waals surface area contributed by atoms with E-state index in [9.17, 15) is 4.79 Å². The molecule has 2 aliphatic rings. The first-order chi connectivity index (χ1) is 12.1. The van der Waals surface area contributed by atoms with Crippen molar-refractivity contribution in [2.24, 2.45) is 0 Å². The van der Waals surface area contributed by atoms with Gasteiger partial charge in [-0.2, -0.15) is 0 Å². The normalized spacial score (nSPS) is 17.7. The monoisotopic (exact) mass is 369 g/mol. The average molecular weight is 369 g/mol. The molecule has 0 aliphatic carbocycles. The van der Waals surface area contributed by atoms with Crippen molar-refractivity contribution in [1.29, 1.82) is 0 Å². The van der Waals surface area contributed by atoms with Gasteiger partial charge in [-0.15, -0.1) is 0 Å². The molecule has 2 aromatic rings. The van der Waals surface area contributed by atoms with Crippen molar-refractivity contribution in [3.8, 4) is 11.5 Å². The average Bonchev–Trinajstić information content (AvgIpc) is 3.30. The summed E-state index contributed by atoms with van der Waals surface area (Å²) in [5.74, 6) is 0.699. The summed E-state index contributed by atoms with van der Waals surface area (Å²) in [5, 5.41) is 9.81. The van der Waals surface area contributed by atoms with Crippen LogP contribution in [0.5, 0.6) is 11.5 Å². The van der Waals surface area contributed by atoms with Crippen LogP contribution in [0.4, 0.5) is 5.13 Å². The standard InChI is InChI=1S/C17H19N3O4S.Li.H/c1-11(12-2-3-13-14(8-12)24-10-23-13)19-4-6-20(7-5-19)17-18-9-15(25-17)16(21)22;;/h2-3,8-9,11H,4-7,10H2,1H3,(H,21,22);;. The van der Waals surface area contributed by atoms with Crippen LogP contribution in [0.25, 0.3) is 0 Å². The number of nitrogens with zero attached hydrogens (tertiary/aromatic N) is 3. The van der Waals surface area contributed by atoms with Crippen molar-refractivity contribution in [3.05, 3.63) is 34.8 Å². The molecule has 1 aromatic carbocycles. The maximum atomic E-state index is 11.0. The summed E-state index contributed by atoms with van der Waals surface area (Å²) < 4.78 is 10.8. The molecule has 26 heavy (non-hydrogen) atoms. The minimum atomic E-state index is -0.918. The van der Waals surface area contributed by atoms with E-state index in [1.165, 1.54) is 23.1 Å². The molecule has 1 fully saturated rings. The number of aromatic nitrogens is 1. The van der Waals surface area contributed by atoms with Crippen LogP contribution in [0, 0.1) is 0 Å². The second-order valence-corrected chi connectivity index (χ2v) is 7.13. The number of benzene rings is 1. The van der Waals surface area contributed by atoms with E-state index in [2.05, 4.69) is 33.8 Å². The molecule has 0 saturated carbocycles. The van der Waals surface area contributed by atoms with Gasteiger partial charge in [0.2, 0.25) is 6.79 Å². The second-order valence-electron chi connectivity index (χ2n) is 6.12. The Balaban J connectivity index is 0.00000196. The molecule has 1 aromatic heterocycles. The predicted molar refractivity (Wildman–Crippen MR) is 101 cm³/mol. The molecule has 2 aliphatic heterocycles. The predicted octanol–water partition coefficient (Wildman–Crippen LogP) is 1.80. The third-order valence-corrected chi connectivity index (χ3v) is 5.76. The van der Waals surface area contributed by atoms with Gasteiger partial charge in [-0.3, -0.25) is 4.90 Å². The van der Waals surface area contributed by atoms with Crippen molar-refractivity contribution in [1.82, 2.24) is 9.88 Å². The molecule has 9 heteroatoms. The van der Waals surface area contributed by atoms with Gasteiger partial charge in [0.25, 0.3) is 0 Å². The van der Waals surface area contributed by atoms with Crippen LogP contribution in [0.1, 0.15) is 28.2 Å². The van der Waals surface area contributed by atoms with Crippen molar-refractivity contribution >= 4 is 41.3 Å². The van der Waals surface area contributed by atoms with Crippen LogP contribution in [0.3, 0.4) is 0 Å². The van der Waals surface area contributed by atoms with Crippen LogP contribution in [0.15, 0.2) is 24.4 Å². The fourth-order valence-electron chi connectivity index (χ4n) is 3.19. The van der Waals surface area contributed by atoms with E-state index in [4.69, 9.17) is 14.6 Å². The molecule has 7 nitrogen and oxygen atoms in total. The summed E-state index contributed by atoms with van der Waals surface area (Å²) in [6.07, 6.45) is 1.43. The Hall–Kier alpha value is -1.72. The fraction of sp³-hybridized carbons (Fsp3) is 0.412. The number of piperazine rings is 1. The molecule has 1 unspecified atom stereocenters. The van der Waals surface area contributed by atoms with Crippen LogP contribution in [0.2, 0.25) is 0 Å². The molecular weight excluding hydrogens is 349 g/mol. The quantitative estimate of drug-likeness (QED) is 0.824.